The van der Waals surface area contributed by atoms with Gasteiger partial charge in [-0.15, -0.1) is 0 Å². The van der Waals surface area contributed by atoms with Crippen molar-refractivity contribution in [2.45, 2.75) is 70.1 Å². The normalized spacial score (nSPS) is 30.7. The first-order valence-electron chi connectivity index (χ1n) is 6.68. The number of ether oxygens (including phenoxy) is 1. The zero-order valence-electron chi connectivity index (χ0n) is 11.7. The first kappa shape index (κ1) is 14.6. The van der Waals surface area contributed by atoms with Gasteiger partial charge < -0.3 is 14.9 Å². The van der Waals surface area contributed by atoms with Gasteiger partial charge in [-0.05, 0) is 62.4 Å². The lowest BCUT2D eigenvalue weighted by molar-refractivity contribution is -0.0505. The molecule has 0 saturated heterocycles. The molecule has 1 N–H and O–H groups in total. The van der Waals surface area contributed by atoms with Crippen LogP contribution in [0.5, 0.6) is 0 Å². The summed E-state index contributed by atoms with van der Waals surface area (Å²) in [6.07, 6.45) is 4.12. The molecule has 2 rings (SSSR count). The van der Waals surface area contributed by atoms with Crippen LogP contribution in [0.1, 0.15) is 52.9 Å². The lowest BCUT2D eigenvalue weighted by Gasteiger charge is -2.35. The van der Waals surface area contributed by atoms with Crippen molar-refractivity contribution in [2.75, 3.05) is 0 Å². The molecular formula is C13H21BrN2O3. The van der Waals surface area contributed by atoms with E-state index in [1.807, 2.05) is 20.8 Å². The van der Waals surface area contributed by atoms with E-state index in [4.69, 9.17) is 9.57 Å². The van der Waals surface area contributed by atoms with E-state index in [0.29, 0.717) is 0 Å². The summed E-state index contributed by atoms with van der Waals surface area (Å²) in [4.78, 5) is 17.2. The second-order valence-electron chi connectivity index (χ2n) is 6.34. The average molecular weight is 333 g/mol. The Morgan fingerprint density at radius 1 is 1.47 bits per heavy atom. The van der Waals surface area contributed by atoms with Gasteiger partial charge in [-0.3, -0.25) is 0 Å². The summed E-state index contributed by atoms with van der Waals surface area (Å²) in [6.45, 7) is 5.59. The molecule has 1 fully saturated rings. The SMILES string of the molecule is CC(C)(C)OC(=O)NC1CCC2(CC1)CC(Br)=NO2. The number of hydrogen-bond donors (Lipinski definition) is 1. The quantitative estimate of drug-likeness (QED) is 0.801. The summed E-state index contributed by atoms with van der Waals surface area (Å²) in [6, 6.07) is 0.170. The minimum absolute atomic E-state index is 0.148. The van der Waals surface area contributed by atoms with E-state index in [1.54, 1.807) is 0 Å². The highest BCUT2D eigenvalue weighted by molar-refractivity contribution is 9.18. The summed E-state index contributed by atoms with van der Waals surface area (Å²) < 4.78 is 6.14. The summed E-state index contributed by atoms with van der Waals surface area (Å²) in [5.74, 6) is 0. The van der Waals surface area contributed by atoms with Gasteiger partial charge in [0.2, 0.25) is 0 Å². The maximum absolute atomic E-state index is 11.7. The Kier molecular flexibility index (Phi) is 4.08. The number of carbonyl (C=O) groups excluding carboxylic acids is 1. The van der Waals surface area contributed by atoms with Crippen LogP contribution in [0.2, 0.25) is 0 Å². The standard InChI is InChI=1S/C13H21BrN2O3/c1-12(2,3)18-11(17)15-9-4-6-13(7-5-9)8-10(14)16-19-13/h9H,4-8H2,1-3H3,(H,15,17). The van der Waals surface area contributed by atoms with Gasteiger partial charge in [0.15, 0.2) is 0 Å². The Morgan fingerprint density at radius 2 is 2.11 bits per heavy atom. The van der Waals surface area contributed by atoms with Gasteiger partial charge in [-0.2, -0.15) is 0 Å². The third-order valence-electron chi connectivity index (χ3n) is 3.42. The number of hydrogen-bond acceptors (Lipinski definition) is 4. The van der Waals surface area contributed by atoms with Crippen molar-refractivity contribution in [3.05, 3.63) is 0 Å². The van der Waals surface area contributed by atoms with Gasteiger partial charge in [0.05, 0.1) is 0 Å². The maximum atomic E-state index is 11.7. The predicted octanol–water partition coefficient (Wildman–Crippen LogP) is 3.32. The van der Waals surface area contributed by atoms with Gasteiger partial charge in [-0.25, -0.2) is 4.79 Å². The summed E-state index contributed by atoms with van der Waals surface area (Å²) in [7, 11) is 0. The molecule has 6 heteroatoms. The Bertz CT molecular complexity index is 382. The third kappa shape index (κ3) is 4.09. The predicted molar refractivity (Wildman–Crippen MR) is 76.4 cm³/mol. The minimum Gasteiger partial charge on any atom is -0.444 e. The van der Waals surface area contributed by atoms with E-state index in [1.165, 1.54) is 0 Å². The van der Waals surface area contributed by atoms with Crippen LogP contribution in [0, 0.1) is 0 Å². The molecule has 1 spiro atoms. The third-order valence-corrected chi connectivity index (χ3v) is 3.85. The van der Waals surface area contributed by atoms with E-state index in [9.17, 15) is 4.79 Å². The number of oxime groups is 1. The van der Waals surface area contributed by atoms with E-state index in [-0.39, 0.29) is 17.7 Å². The molecule has 0 aromatic carbocycles. The fraction of sp³-hybridized carbons (Fsp3) is 0.846. The van der Waals surface area contributed by atoms with Crippen LogP contribution in [0.4, 0.5) is 4.79 Å². The Balaban J connectivity index is 1.76. The number of nitrogens with zero attached hydrogens (tertiary/aromatic N) is 1. The molecule has 0 aromatic rings. The Labute approximate surface area is 122 Å². The van der Waals surface area contributed by atoms with E-state index in [0.717, 1.165) is 36.7 Å². The van der Waals surface area contributed by atoms with Crippen molar-refractivity contribution in [1.29, 1.82) is 0 Å². The van der Waals surface area contributed by atoms with Crippen molar-refractivity contribution in [3.8, 4) is 0 Å². The Morgan fingerprint density at radius 3 is 2.58 bits per heavy atom. The van der Waals surface area contributed by atoms with Gasteiger partial charge in [0.25, 0.3) is 0 Å². The molecule has 2 aliphatic rings. The maximum Gasteiger partial charge on any atom is 0.407 e. The summed E-state index contributed by atoms with van der Waals surface area (Å²) >= 11 is 3.37. The Hall–Kier alpha value is -0.780. The van der Waals surface area contributed by atoms with Crippen LogP contribution in [-0.4, -0.2) is 28.0 Å². The zero-order chi connectivity index (χ0) is 14.1. The minimum atomic E-state index is -0.451. The highest BCUT2D eigenvalue weighted by Gasteiger charge is 2.42. The van der Waals surface area contributed by atoms with Crippen LogP contribution < -0.4 is 5.32 Å². The number of halogens is 1. The summed E-state index contributed by atoms with van der Waals surface area (Å²) in [5, 5.41) is 6.90. The van der Waals surface area contributed by atoms with Gasteiger partial charge in [0.1, 0.15) is 15.8 Å². The van der Waals surface area contributed by atoms with Crippen LogP contribution in [0.15, 0.2) is 5.16 Å². The van der Waals surface area contributed by atoms with E-state index >= 15 is 0 Å². The molecule has 0 radical (unpaired) electrons. The van der Waals surface area contributed by atoms with Gasteiger partial charge in [-0.1, -0.05) is 5.16 Å². The molecule has 1 aliphatic heterocycles. The number of rotatable bonds is 1. The molecule has 1 saturated carbocycles. The molecule has 108 valence electrons. The number of carbonyl (C=O) groups is 1. The van der Waals surface area contributed by atoms with Crippen LogP contribution in [0.3, 0.4) is 0 Å². The molecule has 0 atom stereocenters. The molecule has 1 aliphatic carbocycles. The van der Waals surface area contributed by atoms with Crippen LogP contribution in [-0.2, 0) is 9.57 Å². The fourth-order valence-corrected chi connectivity index (χ4v) is 3.09. The van der Waals surface area contributed by atoms with Crippen LogP contribution in [0.25, 0.3) is 0 Å². The second-order valence-corrected chi connectivity index (χ2v) is 7.25. The topological polar surface area (TPSA) is 59.9 Å². The highest BCUT2D eigenvalue weighted by atomic mass is 79.9. The fourth-order valence-electron chi connectivity index (χ4n) is 2.51. The molecule has 0 bridgehead atoms. The van der Waals surface area contributed by atoms with E-state index < -0.39 is 5.60 Å². The van der Waals surface area contributed by atoms with E-state index in [2.05, 4.69) is 26.4 Å². The molecule has 1 amide bonds. The lowest BCUT2D eigenvalue weighted by Crippen LogP contribution is -2.45. The second kappa shape index (κ2) is 5.31. The first-order chi connectivity index (χ1) is 8.78. The number of nitrogens with one attached hydrogen (secondary N) is 1. The van der Waals surface area contributed by atoms with Gasteiger partial charge >= 0.3 is 6.09 Å². The molecule has 5 nitrogen and oxygen atoms in total. The molecule has 0 aromatic heterocycles. The first-order valence-corrected chi connectivity index (χ1v) is 7.47. The van der Waals surface area contributed by atoms with Gasteiger partial charge in [0, 0.05) is 12.5 Å². The molecular weight excluding hydrogens is 312 g/mol. The smallest absolute Gasteiger partial charge is 0.407 e. The van der Waals surface area contributed by atoms with Crippen molar-refractivity contribution in [1.82, 2.24) is 5.32 Å². The van der Waals surface area contributed by atoms with Crippen LogP contribution >= 0.6 is 15.9 Å². The van der Waals surface area contributed by atoms with Crippen molar-refractivity contribution < 1.29 is 14.4 Å². The lowest BCUT2D eigenvalue weighted by atomic mass is 9.80. The average Bonchev–Trinajstić information content (AvgIpc) is 2.61. The highest BCUT2D eigenvalue weighted by Crippen LogP contribution is 2.39. The zero-order valence-corrected chi connectivity index (χ0v) is 13.2. The summed E-state index contributed by atoms with van der Waals surface area (Å²) in [5.41, 5.74) is -0.599. The van der Waals surface area contributed by atoms with Crippen molar-refractivity contribution >= 4 is 26.6 Å². The largest absolute Gasteiger partial charge is 0.444 e. The number of alkyl carbamates (subject to hydrolysis) is 1. The molecule has 19 heavy (non-hydrogen) atoms. The molecule has 1 heterocycles. The monoisotopic (exact) mass is 332 g/mol. The molecule has 0 unspecified atom stereocenters. The number of amides is 1. The van der Waals surface area contributed by atoms with Crippen molar-refractivity contribution in [3.63, 3.8) is 0 Å². The van der Waals surface area contributed by atoms with Crippen molar-refractivity contribution in [2.24, 2.45) is 5.16 Å².